The highest BCUT2D eigenvalue weighted by Gasteiger charge is 2.19. The predicted octanol–water partition coefficient (Wildman–Crippen LogP) is 1.72. The molecule has 0 spiro atoms. The Bertz CT molecular complexity index is 909. The number of methoxy groups -OCH3 is 3. The second kappa shape index (κ2) is 8.07. The summed E-state index contributed by atoms with van der Waals surface area (Å²) in [5, 5.41) is 5.10. The van der Waals surface area contributed by atoms with Gasteiger partial charge < -0.3 is 18.9 Å². The van der Waals surface area contributed by atoms with Crippen LogP contribution in [0.1, 0.15) is 15.9 Å². The number of ether oxygens (including phenoxy) is 4. The maximum absolute atomic E-state index is 12.4. The summed E-state index contributed by atoms with van der Waals surface area (Å²) in [5.74, 6) is 0.492. The quantitative estimate of drug-likeness (QED) is 0.726. The fourth-order valence-electron chi connectivity index (χ4n) is 2.24. The van der Waals surface area contributed by atoms with Crippen LogP contribution in [0.2, 0.25) is 0 Å². The van der Waals surface area contributed by atoms with Gasteiger partial charge in [0.25, 0.3) is 0 Å². The van der Waals surface area contributed by atoms with Gasteiger partial charge >= 0.3 is 5.97 Å². The molecule has 8 nitrogen and oxygen atoms in total. The summed E-state index contributed by atoms with van der Waals surface area (Å²) >= 11 is 0. The third-order valence-electron chi connectivity index (χ3n) is 3.57. The Morgan fingerprint density at radius 1 is 0.962 bits per heavy atom. The van der Waals surface area contributed by atoms with Crippen LogP contribution >= 0.6 is 0 Å². The van der Waals surface area contributed by atoms with Crippen LogP contribution in [0.4, 0.5) is 0 Å². The molecule has 0 bridgehead atoms. The van der Waals surface area contributed by atoms with Gasteiger partial charge in [-0.05, 0) is 36.4 Å². The molecule has 0 aromatic heterocycles. The zero-order chi connectivity index (χ0) is 19.3. The maximum Gasteiger partial charge on any atom is 0.342 e. The summed E-state index contributed by atoms with van der Waals surface area (Å²) < 4.78 is 43.7. The predicted molar refractivity (Wildman–Crippen MR) is 93.0 cm³/mol. The van der Waals surface area contributed by atoms with E-state index < -0.39 is 16.0 Å². The summed E-state index contributed by atoms with van der Waals surface area (Å²) in [7, 11) is 0.391. The van der Waals surface area contributed by atoms with E-state index in [1.165, 1.54) is 33.5 Å². The number of hydrogen-bond donors (Lipinski definition) is 1. The molecule has 0 unspecified atom stereocenters. The lowest BCUT2D eigenvalue weighted by atomic mass is 10.2. The van der Waals surface area contributed by atoms with Gasteiger partial charge in [0.15, 0.2) is 0 Å². The molecule has 26 heavy (non-hydrogen) atoms. The average molecular weight is 381 g/mol. The number of benzene rings is 2. The monoisotopic (exact) mass is 381 g/mol. The van der Waals surface area contributed by atoms with Crippen molar-refractivity contribution in [2.24, 2.45) is 5.14 Å². The summed E-state index contributed by atoms with van der Waals surface area (Å²) in [5.41, 5.74) is 0.530. The first-order valence-corrected chi connectivity index (χ1v) is 8.93. The van der Waals surface area contributed by atoms with E-state index in [2.05, 4.69) is 0 Å². The molecule has 0 heterocycles. The number of sulfonamides is 1. The lowest BCUT2D eigenvalue weighted by molar-refractivity contribution is 0.0466. The van der Waals surface area contributed by atoms with E-state index in [0.717, 1.165) is 6.07 Å². The molecular formula is C17H19NO7S. The minimum absolute atomic E-state index is 0.0547. The summed E-state index contributed by atoms with van der Waals surface area (Å²) in [6.07, 6.45) is 0. The summed E-state index contributed by atoms with van der Waals surface area (Å²) in [4.78, 5) is 12.2. The number of primary sulfonamides is 1. The van der Waals surface area contributed by atoms with Crippen molar-refractivity contribution < 1.29 is 32.2 Å². The number of carbonyl (C=O) groups is 1. The first-order valence-electron chi connectivity index (χ1n) is 7.39. The molecule has 2 rings (SSSR count). The second-order valence-corrected chi connectivity index (χ2v) is 6.72. The number of rotatable bonds is 7. The Morgan fingerprint density at radius 3 is 2.19 bits per heavy atom. The summed E-state index contributed by atoms with van der Waals surface area (Å²) in [6, 6.07) is 8.76. The van der Waals surface area contributed by atoms with E-state index in [-0.39, 0.29) is 22.8 Å². The van der Waals surface area contributed by atoms with Crippen LogP contribution in [0.15, 0.2) is 41.3 Å². The van der Waals surface area contributed by atoms with Gasteiger partial charge in [0.05, 0.1) is 26.2 Å². The van der Waals surface area contributed by atoms with Gasteiger partial charge in [-0.15, -0.1) is 0 Å². The number of esters is 1. The zero-order valence-electron chi connectivity index (χ0n) is 14.5. The largest absolute Gasteiger partial charge is 0.497 e. The van der Waals surface area contributed by atoms with E-state index in [0.29, 0.717) is 17.1 Å². The SMILES string of the molecule is COc1ccc(OC)c(COC(=O)c2cc(S(N)(=O)=O)ccc2OC)c1. The highest BCUT2D eigenvalue weighted by atomic mass is 32.2. The molecule has 0 aliphatic carbocycles. The third kappa shape index (κ3) is 4.44. The van der Waals surface area contributed by atoms with Crippen LogP contribution in [0.25, 0.3) is 0 Å². The van der Waals surface area contributed by atoms with Crippen LogP contribution in [-0.2, 0) is 21.4 Å². The number of hydrogen-bond acceptors (Lipinski definition) is 7. The summed E-state index contributed by atoms with van der Waals surface area (Å²) in [6.45, 7) is -0.109. The molecule has 0 amide bonds. The maximum atomic E-state index is 12.4. The van der Waals surface area contributed by atoms with Crippen LogP contribution in [-0.4, -0.2) is 35.7 Å². The first-order chi connectivity index (χ1) is 12.3. The molecule has 0 saturated carbocycles. The van der Waals surface area contributed by atoms with E-state index in [9.17, 15) is 13.2 Å². The van der Waals surface area contributed by atoms with Crippen molar-refractivity contribution >= 4 is 16.0 Å². The average Bonchev–Trinajstić information content (AvgIpc) is 2.64. The normalized spacial score (nSPS) is 10.9. The van der Waals surface area contributed by atoms with Gasteiger partial charge in [-0.3, -0.25) is 0 Å². The molecule has 2 aromatic carbocycles. The van der Waals surface area contributed by atoms with E-state index in [4.69, 9.17) is 24.1 Å². The minimum Gasteiger partial charge on any atom is -0.497 e. The van der Waals surface area contributed by atoms with Crippen molar-refractivity contribution in [3.05, 3.63) is 47.5 Å². The molecule has 0 aliphatic heterocycles. The van der Waals surface area contributed by atoms with Crippen molar-refractivity contribution in [2.45, 2.75) is 11.5 Å². The molecule has 2 aromatic rings. The Kier molecular flexibility index (Phi) is 6.06. The smallest absolute Gasteiger partial charge is 0.342 e. The minimum atomic E-state index is -3.97. The Balaban J connectivity index is 2.28. The van der Waals surface area contributed by atoms with Crippen LogP contribution in [0.5, 0.6) is 17.2 Å². The molecule has 0 aliphatic rings. The molecule has 0 fully saturated rings. The molecular weight excluding hydrogens is 362 g/mol. The van der Waals surface area contributed by atoms with Crippen molar-refractivity contribution in [1.82, 2.24) is 0 Å². The molecule has 140 valence electrons. The molecule has 0 atom stereocenters. The Morgan fingerprint density at radius 2 is 1.62 bits per heavy atom. The van der Waals surface area contributed by atoms with Crippen LogP contribution in [0.3, 0.4) is 0 Å². The standard InChI is InChI=1S/C17H19NO7S/c1-22-12-4-6-15(23-2)11(8-12)10-25-17(19)14-9-13(26(18,20)21)5-7-16(14)24-3/h4-9H,10H2,1-3H3,(H2,18,20,21). The van der Waals surface area contributed by atoms with Gasteiger partial charge in [-0.25, -0.2) is 18.4 Å². The van der Waals surface area contributed by atoms with E-state index in [1.807, 2.05) is 0 Å². The number of nitrogens with two attached hydrogens (primary N) is 1. The second-order valence-electron chi connectivity index (χ2n) is 5.16. The van der Waals surface area contributed by atoms with Crippen LogP contribution < -0.4 is 19.3 Å². The van der Waals surface area contributed by atoms with E-state index >= 15 is 0 Å². The van der Waals surface area contributed by atoms with Gasteiger partial charge in [0.2, 0.25) is 10.0 Å². The first kappa shape index (κ1) is 19.5. The van der Waals surface area contributed by atoms with Crippen molar-refractivity contribution in [3.8, 4) is 17.2 Å². The highest BCUT2D eigenvalue weighted by molar-refractivity contribution is 7.89. The van der Waals surface area contributed by atoms with Crippen molar-refractivity contribution in [1.29, 1.82) is 0 Å². The van der Waals surface area contributed by atoms with Crippen molar-refractivity contribution in [2.75, 3.05) is 21.3 Å². The number of carbonyl (C=O) groups excluding carboxylic acids is 1. The zero-order valence-corrected chi connectivity index (χ0v) is 15.3. The van der Waals surface area contributed by atoms with Gasteiger partial charge in [-0.1, -0.05) is 0 Å². The lowest BCUT2D eigenvalue weighted by Crippen LogP contribution is -2.14. The van der Waals surface area contributed by atoms with Gasteiger partial charge in [0.1, 0.15) is 29.4 Å². The van der Waals surface area contributed by atoms with E-state index in [1.54, 1.807) is 18.2 Å². The fourth-order valence-corrected chi connectivity index (χ4v) is 2.78. The lowest BCUT2D eigenvalue weighted by Gasteiger charge is -2.13. The molecule has 2 N–H and O–H groups in total. The van der Waals surface area contributed by atoms with Crippen molar-refractivity contribution in [3.63, 3.8) is 0 Å². The van der Waals surface area contributed by atoms with Gasteiger partial charge in [-0.2, -0.15) is 0 Å². The van der Waals surface area contributed by atoms with Crippen LogP contribution in [0, 0.1) is 0 Å². The van der Waals surface area contributed by atoms with Gasteiger partial charge in [0, 0.05) is 5.56 Å². The fraction of sp³-hybridized carbons (Fsp3) is 0.235. The third-order valence-corrected chi connectivity index (χ3v) is 4.48. The molecule has 9 heteroatoms. The molecule has 0 radical (unpaired) electrons. The highest BCUT2D eigenvalue weighted by Crippen LogP contribution is 2.27. The Hall–Kier alpha value is -2.78. The Labute approximate surface area is 151 Å². The topological polar surface area (TPSA) is 114 Å². The molecule has 0 saturated heterocycles.